The fourth-order valence-corrected chi connectivity index (χ4v) is 6.32. The van der Waals surface area contributed by atoms with E-state index in [9.17, 15) is 13.2 Å². The summed E-state index contributed by atoms with van der Waals surface area (Å²) in [5, 5.41) is 11.1. The van der Waals surface area contributed by atoms with Gasteiger partial charge in [0.15, 0.2) is 10.4 Å². The van der Waals surface area contributed by atoms with Crippen LogP contribution in [0.25, 0.3) is 0 Å². The molecule has 2 heterocycles. The molecular weight excluding hydrogens is 468 g/mol. The average molecular weight is 491 g/mol. The first-order chi connectivity index (χ1) is 15.4. The summed E-state index contributed by atoms with van der Waals surface area (Å²) in [5.74, 6) is 0.775. The van der Waals surface area contributed by atoms with Crippen LogP contribution in [0.5, 0.6) is 5.75 Å². The second kappa shape index (κ2) is 9.47. The van der Waals surface area contributed by atoms with Crippen LogP contribution in [0.4, 0.5) is 10.8 Å². The Labute approximate surface area is 195 Å². The molecule has 1 aromatic heterocycles. The molecule has 1 N–H and O–H groups in total. The van der Waals surface area contributed by atoms with Crippen molar-refractivity contribution in [2.24, 2.45) is 0 Å². The number of nitrogens with zero attached hydrogens (tertiary/aromatic N) is 3. The molecule has 0 spiro atoms. The zero-order chi connectivity index (χ0) is 22.7. The van der Waals surface area contributed by atoms with Crippen molar-refractivity contribution >= 4 is 49.8 Å². The van der Waals surface area contributed by atoms with Crippen LogP contribution in [0.3, 0.4) is 0 Å². The van der Waals surface area contributed by atoms with Crippen molar-refractivity contribution in [2.45, 2.75) is 35.6 Å². The number of hydrogen-bond donors (Lipinski definition) is 1. The third kappa shape index (κ3) is 4.74. The summed E-state index contributed by atoms with van der Waals surface area (Å²) in [6.45, 7) is 3.79. The molecule has 1 aliphatic rings. The molecule has 168 valence electrons. The van der Waals surface area contributed by atoms with Crippen LogP contribution in [-0.2, 0) is 14.8 Å². The van der Waals surface area contributed by atoms with Crippen LogP contribution >= 0.6 is 23.1 Å². The van der Waals surface area contributed by atoms with Gasteiger partial charge in [0, 0.05) is 5.75 Å². The summed E-state index contributed by atoms with van der Waals surface area (Å²) in [5.41, 5.74) is 1.29. The van der Waals surface area contributed by atoms with Gasteiger partial charge in [-0.25, -0.2) is 8.42 Å². The highest BCUT2D eigenvalue weighted by molar-refractivity contribution is 8.01. The van der Waals surface area contributed by atoms with Crippen LogP contribution in [-0.4, -0.2) is 42.9 Å². The van der Waals surface area contributed by atoms with E-state index in [1.54, 1.807) is 42.1 Å². The maximum atomic E-state index is 13.4. The van der Waals surface area contributed by atoms with Crippen molar-refractivity contribution in [1.29, 1.82) is 0 Å². The number of aromatic nitrogens is 2. The van der Waals surface area contributed by atoms with Crippen molar-refractivity contribution in [3.63, 3.8) is 0 Å². The van der Waals surface area contributed by atoms with E-state index in [0.717, 1.165) is 22.1 Å². The molecule has 0 radical (unpaired) electrons. The molecule has 0 unspecified atom stereocenters. The normalized spacial score (nSPS) is 15.7. The Balaban J connectivity index is 1.61. The van der Waals surface area contributed by atoms with E-state index in [2.05, 4.69) is 22.4 Å². The standard InChI is InChI=1S/C21H22N4O4S3/c1-3-11-30-21-24-23-20(31-21)22-19(26)18-13-25(16-10-9-14(2)12-17(16)29-18)32(27,28)15-7-5-4-6-8-15/h4-10,12,18H,3,11,13H2,1-2H3,(H,22,23,26)/t18-/m1/s1. The number of fused-ring (bicyclic) bond motifs is 1. The smallest absolute Gasteiger partial charge is 0.269 e. The van der Waals surface area contributed by atoms with E-state index >= 15 is 0 Å². The molecule has 11 heteroatoms. The quantitative estimate of drug-likeness (QED) is 0.395. The summed E-state index contributed by atoms with van der Waals surface area (Å²) in [7, 11) is -3.89. The van der Waals surface area contributed by atoms with Crippen LogP contribution in [0.1, 0.15) is 18.9 Å². The Morgan fingerprint density at radius 3 is 2.78 bits per heavy atom. The number of anilines is 2. The van der Waals surface area contributed by atoms with Crippen molar-refractivity contribution in [1.82, 2.24) is 10.2 Å². The lowest BCUT2D eigenvalue weighted by Crippen LogP contribution is -2.48. The van der Waals surface area contributed by atoms with Crippen LogP contribution in [0, 0.1) is 6.92 Å². The molecule has 0 aliphatic carbocycles. The van der Waals surface area contributed by atoms with Crippen LogP contribution < -0.4 is 14.4 Å². The van der Waals surface area contributed by atoms with Gasteiger partial charge >= 0.3 is 0 Å². The highest BCUT2D eigenvalue weighted by Crippen LogP contribution is 2.38. The molecule has 0 bridgehead atoms. The number of carbonyl (C=O) groups excluding carboxylic acids is 1. The zero-order valence-corrected chi connectivity index (χ0v) is 20.0. The molecule has 1 atom stereocenters. The highest BCUT2D eigenvalue weighted by Gasteiger charge is 2.37. The van der Waals surface area contributed by atoms with E-state index in [1.807, 2.05) is 13.0 Å². The Bertz CT molecular complexity index is 1210. The van der Waals surface area contributed by atoms with Crippen molar-refractivity contribution in [3.05, 3.63) is 54.1 Å². The Kier molecular flexibility index (Phi) is 6.68. The van der Waals surface area contributed by atoms with Crippen LogP contribution in [0.15, 0.2) is 57.8 Å². The zero-order valence-electron chi connectivity index (χ0n) is 17.5. The minimum absolute atomic E-state index is 0.147. The number of ether oxygens (including phenoxy) is 1. The predicted octanol–water partition coefficient (Wildman–Crippen LogP) is 3.94. The van der Waals surface area contributed by atoms with Gasteiger partial charge in [0.05, 0.1) is 17.1 Å². The molecule has 2 aromatic carbocycles. The van der Waals surface area contributed by atoms with Gasteiger partial charge < -0.3 is 4.74 Å². The molecule has 8 nitrogen and oxygen atoms in total. The summed E-state index contributed by atoms with van der Waals surface area (Å²) in [6.07, 6.45) is -0.0368. The van der Waals surface area contributed by atoms with Gasteiger partial charge in [-0.3, -0.25) is 14.4 Å². The monoisotopic (exact) mass is 490 g/mol. The van der Waals surface area contributed by atoms with Gasteiger partial charge in [-0.2, -0.15) is 0 Å². The second-order valence-corrected chi connectivity index (χ2v) is 11.3. The largest absolute Gasteiger partial charge is 0.476 e. The lowest BCUT2D eigenvalue weighted by atomic mass is 10.1. The first kappa shape index (κ1) is 22.6. The van der Waals surface area contributed by atoms with Gasteiger partial charge in [0.2, 0.25) is 5.13 Å². The SMILES string of the molecule is CCCSc1nnc(NC(=O)[C@H]2CN(S(=O)(=O)c3ccccc3)c3ccc(C)cc3O2)s1. The summed E-state index contributed by atoms with van der Waals surface area (Å²) < 4.78 is 34.7. The molecule has 0 saturated heterocycles. The maximum absolute atomic E-state index is 13.4. The van der Waals surface area contributed by atoms with Gasteiger partial charge in [-0.05, 0) is 43.2 Å². The van der Waals surface area contributed by atoms with Crippen LogP contribution in [0.2, 0.25) is 0 Å². The van der Waals surface area contributed by atoms with Crippen molar-refractivity contribution < 1.29 is 17.9 Å². The Morgan fingerprint density at radius 2 is 2.03 bits per heavy atom. The van der Waals surface area contributed by atoms with Crippen molar-refractivity contribution in [3.8, 4) is 5.75 Å². The Morgan fingerprint density at radius 1 is 1.25 bits per heavy atom. The molecule has 1 aliphatic heterocycles. The first-order valence-electron chi connectivity index (χ1n) is 10.0. The number of thioether (sulfide) groups is 1. The average Bonchev–Trinajstić information content (AvgIpc) is 3.24. The number of sulfonamides is 1. The molecule has 0 fully saturated rings. The topological polar surface area (TPSA) is 101 Å². The Hall–Kier alpha value is -2.63. The van der Waals surface area contributed by atoms with E-state index in [0.29, 0.717) is 16.6 Å². The van der Waals surface area contributed by atoms with Gasteiger partial charge in [-0.1, -0.05) is 54.3 Å². The molecule has 3 aromatic rings. The van der Waals surface area contributed by atoms with Gasteiger partial charge in [0.1, 0.15) is 5.75 Å². The number of amides is 1. The number of carbonyl (C=O) groups is 1. The van der Waals surface area contributed by atoms with Crippen molar-refractivity contribution in [2.75, 3.05) is 21.9 Å². The van der Waals surface area contributed by atoms with E-state index in [4.69, 9.17) is 4.74 Å². The van der Waals surface area contributed by atoms with E-state index in [1.165, 1.54) is 27.8 Å². The molecule has 0 saturated carbocycles. The third-order valence-corrected chi connectivity index (χ3v) is 8.65. The van der Waals surface area contributed by atoms with E-state index in [-0.39, 0.29) is 11.4 Å². The number of rotatable bonds is 7. The fourth-order valence-electron chi connectivity index (χ4n) is 3.14. The molecule has 1 amide bonds. The number of aryl methyl sites for hydroxylation is 1. The lowest BCUT2D eigenvalue weighted by Gasteiger charge is -2.34. The molecule has 4 rings (SSSR count). The second-order valence-electron chi connectivity index (χ2n) is 7.14. The summed E-state index contributed by atoms with van der Waals surface area (Å²) >= 11 is 2.85. The lowest BCUT2D eigenvalue weighted by molar-refractivity contribution is -0.122. The maximum Gasteiger partial charge on any atom is 0.269 e. The summed E-state index contributed by atoms with van der Waals surface area (Å²) in [4.78, 5) is 13.1. The molecular formula is C21H22N4O4S3. The minimum atomic E-state index is -3.89. The van der Waals surface area contributed by atoms with Gasteiger partial charge in [0.25, 0.3) is 15.9 Å². The predicted molar refractivity (Wildman–Crippen MR) is 126 cm³/mol. The van der Waals surface area contributed by atoms with Gasteiger partial charge in [-0.15, -0.1) is 10.2 Å². The van der Waals surface area contributed by atoms with E-state index < -0.39 is 22.0 Å². The summed E-state index contributed by atoms with van der Waals surface area (Å²) in [6, 6.07) is 13.4. The number of benzene rings is 2. The third-order valence-electron chi connectivity index (χ3n) is 4.67. The number of nitrogens with one attached hydrogen (secondary N) is 1. The fraction of sp³-hybridized carbons (Fsp3) is 0.286. The highest BCUT2D eigenvalue weighted by atomic mass is 32.2. The first-order valence-corrected chi connectivity index (χ1v) is 13.2. The number of hydrogen-bond acceptors (Lipinski definition) is 8. The molecule has 32 heavy (non-hydrogen) atoms. The minimum Gasteiger partial charge on any atom is -0.476 e.